The van der Waals surface area contributed by atoms with Crippen molar-refractivity contribution in [1.82, 2.24) is 10.3 Å². The fourth-order valence-electron chi connectivity index (χ4n) is 1.47. The first-order valence-electron chi connectivity index (χ1n) is 4.53. The van der Waals surface area contributed by atoms with E-state index in [0.717, 1.165) is 25.9 Å². The van der Waals surface area contributed by atoms with Gasteiger partial charge in [-0.15, -0.1) is 0 Å². The van der Waals surface area contributed by atoms with Crippen LogP contribution in [0.15, 0.2) is 0 Å². The van der Waals surface area contributed by atoms with E-state index >= 15 is 0 Å². The molecule has 0 aromatic rings. The molecule has 70 valence electrons. The van der Waals surface area contributed by atoms with Gasteiger partial charge in [-0.1, -0.05) is 6.92 Å². The average Bonchev–Trinajstić information content (AvgIpc) is 2.17. The van der Waals surface area contributed by atoms with Crippen LogP contribution in [0.5, 0.6) is 0 Å². The van der Waals surface area contributed by atoms with Gasteiger partial charge in [-0.2, -0.15) is 0 Å². The third-order valence-electron chi connectivity index (χ3n) is 2.29. The first-order valence-corrected chi connectivity index (χ1v) is 4.53. The predicted molar refractivity (Wildman–Crippen MR) is 47.2 cm³/mol. The number of nitrogens with one attached hydrogen (secondary N) is 1. The molecular weight excluding hydrogens is 154 g/mol. The summed E-state index contributed by atoms with van der Waals surface area (Å²) in [5, 5.41) is 4.64. The molecule has 1 aliphatic heterocycles. The molecule has 0 saturated carbocycles. The Bertz CT molecular complexity index is 154. The molecule has 0 aromatic heterocycles. The van der Waals surface area contributed by atoms with Crippen LogP contribution < -0.4 is 11.2 Å². The van der Waals surface area contributed by atoms with Gasteiger partial charge in [-0.25, -0.2) is 5.84 Å². The summed E-state index contributed by atoms with van der Waals surface area (Å²) in [5.41, 5.74) is 0. The van der Waals surface area contributed by atoms with E-state index in [-0.39, 0.29) is 11.9 Å². The predicted octanol–water partition coefficient (Wildman–Crippen LogP) is -0.149. The molecular formula is C8H17N3O. The fraction of sp³-hybridized carbons (Fsp3) is 0.875. The standard InChI is InChI=1S/C8H17N3O/c1-2-8(12)11(9)7-3-5-10-6-4-7/h7,10H,2-6,9H2,1H3. The van der Waals surface area contributed by atoms with Gasteiger partial charge in [0.15, 0.2) is 0 Å². The van der Waals surface area contributed by atoms with E-state index in [2.05, 4.69) is 5.32 Å². The number of hydrazine groups is 1. The van der Waals surface area contributed by atoms with Crippen molar-refractivity contribution in [1.29, 1.82) is 0 Å². The highest BCUT2D eigenvalue weighted by atomic mass is 16.2. The normalized spacial score (nSPS) is 19.2. The number of amides is 1. The van der Waals surface area contributed by atoms with Crippen LogP contribution in [0.3, 0.4) is 0 Å². The number of carbonyl (C=O) groups is 1. The lowest BCUT2D eigenvalue weighted by Gasteiger charge is -2.30. The van der Waals surface area contributed by atoms with E-state index in [1.54, 1.807) is 0 Å². The maximum absolute atomic E-state index is 11.2. The maximum Gasteiger partial charge on any atom is 0.236 e. The van der Waals surface area contributed by atoms with Crippen LogP contribution in [0.2, 0.25) is 0 Å². The lowest BCUT2D eigenvalue weighted by molar-refractivity contribution is -0.134. The van der Waals surface area contributed by atoms with E-state index in [1.807, 2.05) is 6.92 Å². The molecule has 1 amide bonds. The Morgan fingerprint density at radius 1 is 1.58 bits per heavy atom. The summed E-state index contributed by atoms with van der Waals surface area (Å²) in [6, 6.07) is 0.249. The van der Waals surface area contributed by atoms with E-state index in [1.165, 1.54) is 5.01 Å². The molecule has 1 rings (SSSR count). The van der Waals surface area contributed by atoms with E-state index < -0.39 is 0 Å². The van der Waals surface area contributed by atoms with Crippen LogP contribution in [-0.4, -0.2) is 30.0 Å². The number of nitrogens with zero attached hydrogens (tertiary/aromatic N) is 1. The summed E-state index contributed by atoms with van der Waals surface area (Å²) in [6.07, 6.45) is 2.45. The molecule has 0 bridgehead atoms. The highest BCUT2D eigenvalue weighted by Gasteiger charge is 2.21. The van der Waals surface area contributed by atoms with Gasteiger partial charge < -0.3 is 5.32 Å². The molecule has 0 atom stereocenters. The minimum absolute atomic E-state index is 0.0434. The molecule has 0 aromatic carbocycles. The number of carbonyl (C=O) groups excluding carboxylic acids is 1. The Hall–Kier alpha value is -0.610. The molecule has 1 heterocycles. The Kier molecular flexibility index (Phi) is 3.49. The Morgan fingerprint density at radius 3 is 2.67 bits per heavy atom. The van der Waals surface area contributed by atoms with Gasteiger partial charge in [0.05, 0.1) is 6.04 Å². The molecule has 1 aliphatic rings. The summed E-state index contributed by atoms with van der Waals surface area (Å²) in [7, 11) is 0. The first-order chi connectivity index (χ1) is 5.75. The molecule has 4 heteroatoms. The Morgan fingerprint density at radius 2 is 2.17 bits per heavy atom. The molecule has 3 N–H and O–H groups in total. The van der Waals surface area contributed by atoms with Gasteiger partial charge in [-0.05, 0) is 25.9 Å². The summed E-state index contributed by atoms with van der Waals surface area (Å²) in [4.78, 5) is 11.2. The van der Waals surface area contributed by atoms with Crippen molar-refractivity contribution in [3.05, 3.63) is 0 Å². The zero-order valence-electron chi connectivity index (χ0n) is 7.55. The Labute approximate surface area is 73.1 Å². The SMILES string of the molecule is CCC(=O)N(N)C1CCNCC1. The molecule has 4 nitrogen and oxygen atoms in total. The largest absolute Gasteiger partial charge is 0.317 e. The summed E-state index contributed by atoms with van der Waals surface area (Å²) in [6.45, 7) is 3.77. The summed E-state index contributed by atoms with van der Waals surface area (Å²) in [5.74, 6) is 5.70. The lowest BCUT2D eigenvalue weighted by atomic mass is 10.1. The summed E-state index contributed by atoms with van der Waals surface area (Å²) >= 11 is 0. The lowest BCUT2D eigenvalue weighted by Crippen LogP contribution is -2.49. The fourth-order valence-corrected chi connectivity index (χ4v) is 1.47. The van der Waals surface area contributed by atoms with Crippen molar-refractivity contribution in [3.63, 3.8) is 0 Å². The second-order valence-corrected chi connectivity index (χ2v) is 3.14. The second-order valence-electron chi connectivity index (χ2n) is 3.14. The van der Waals surface area contributed by atoms with Crippen molar-refractivity contribution in [2.45, 2.75) is 32.2 Å². The smallest absolute Gasteiger partial charge is 0.236 e. The quantitative estimate of drug-likeness (QED) is 0.345. The zero-order valence-corrected chi connectivity index (χ0v) is 7.55. The minimum atomic E-state index is 0.0434. The maximum atomic E-state index is 11.2. The van der Waals surface area contributed by atoms with Crippen LogP contribution in [0, 0.1) is 0 Å². The van der Waals surface area contributed by atoms with Crippen molar-refractivity contribution in [3.8, 4) is 0 Å². The van der Waals surface area contributed by atoms with Crippen molar-refractivity contribution >= 4 is 5.91 Å². The third kappa shape index (κ3) is 2.19. The monoisotopic (exact) mass is 171 g/mol. The first kappa shape index (κ1) is 9.48. The van der Waals surface area contributed by atoms with E-state index in [9.17, 15) is 4.79 Å². The highest BCUT2D eigenvalue weighted by molar-refractivity contribution is 5.75. The van der Waals surface area contributed by atoms with Gasteiger partial charge in [0.2, 0.25) is 5.91 Å². The topological polar surface area (TPSA) is 58.4 Å². The molecule has 0 aliphatic carbocycles. The van der Waals surface area contributed by atoms with Crippen molar-refractivity contribution < 1.29 is 4.79 Å². The number of piperidine rings is 1. The zero-order chi connectivity index (χ0) is 8.97. The second kappa shape index (κ2) is 4.42. The number of rotatable bonds is 2. The van der Waals surface area contributed by atoms with Crippen LogP contribution in [0.25, 0.3) is 0 Å². The number of nitrogens with two attached hydrogens (primary N) is 1. The molecule has 12 heavy (non-hydrogen) atoms. The molecule has 0 radical (unpaired) electrons. The molecule has 0 unspecified atom stereocenters. The van der Waals surface area contributed by atoms with Crippen LogP contribution >= 0.6 is 0 Å². The average molecular weight is 171 g/mol. The number of hydrogen-bond donors (Lipinski definition) is 2. The van der Waals surface area contributed by atoms with Crippen LogP contribution in [-0.2, 0) is 4.79 Å². The van der Waals surface area contributed by atoms with Crippen LogP contribution in [0.4, 0.5) is 0 Å². The Balaban J connectivity index is 2.39. The van der Waals surface area contributed by atoms with Crippen LogP contribution in [0.1, 0.15) is 26.2 Å². The van der Waals surface area contributed by atoms with Crippen molar-refractivity contribution in [2.75, 3.05) is 13.1 Å². The molecule has 0 spiro atoms. The van der Waals surface area contributed by atoms with Gasteiger partial charge in [0.1, 0.15) is 0 Å². The van der Waals surface area contributed by atoms with Crippen molar-refractivity contribution in [2.24, 2.45) is 5.84 Å². The highest BCUT2D eigenvalue weighted by Crippen LogP contribution is 2.08. The third-order valence-corrected chi connectivity index (χ3v) is 2.29. The molecule has 1 fully saturated rings. The minimum Gasteiger partial charge on any atom is -0.317 e. The van der Waals surface area contributed by atoms with Gasteiger partial charge >= 0.3 is 0 Å². The summed E-state index contributed by atoms with van der Waals surface area (Å²) < 4.78 is 0. The number of hydrogen-bond acceptors (Lipinski definition) is 3. The molecule has 1 saturated heterocycles. The van der Waals surface area contributed by atoms with E-state index in [4.69, 9.17) is 5.84 Å². The van der Waals surface area contributed by atoms with E-state index in [0.29, 0.717) is 6.42 Å². The van der Waals surface area contributed by atoms with Gasteiger partial charge in [-0.3, -0.25) is 9.80 Å². The van der Waals surface area contributed by atoms with Gasteiger partial charge in [0, 0.05) is 6.42 Å². The van der Waals surface area contributed by atoms with Gasteiger partial charge in [0.25, 0.3) is 0 Å².